The second-order valence-corrected chi connectivity index (χ2v) is 5.20. The molecule has 1 aliphatic rings. The summed E-state index contributed by atoms with van der Waals surface area (Å²) in [5.74, 6) is 0.253. The largest absolute Gasteiger partial charge is 0.345 e. The van der Waals surface area contributed by atoms with Gasteiger partial charge >= 0.3 is 0 Å². The highest BCUT2D eigenvalue weighted by atomic mass is 16.2. The molecule has 1 rings (SSSR count). The van der Waals surface area contributed by atoms with Crippen LogP contribution in [0.5, 0.6) is 0 Å². The van der Waals surface area contributed by atoms with Crippen molar-refractivity contribution in [1.82, 2.24) is 4.90 Å². The molecule has 0 aromatic carbocycles. The molecule has 0 saturated heterocycles. The van der Waals surface area contributed by atoms with E-state index in [0.717, 1.165) is 45.1 Å². The molecule has 1 fully saturated rings. The molecule has 1 amide bonds. The minimum Gasteiger partial charge on any atom is -0.345 e. The summed E-state index contributed by atoms with van der Waals surface area (Å²) in [6, 6.07) is 0. The van der Waals surface area contributed by atoms with Gasteiger partial charge in [-0.25, -0.2) is 0 Å². The van der Waals surface area contributed by atoms with E-state index in [1.165, 1.54) is 6.42 Å². The summed E-state index contributed by atoms with van der Waals surface area (Å²) in [5, 5.41) is 0. The molecule has 0 atom stereocenters. The van der Waals surface area contributed by atoms with Crippen molar-refractivity contribution >= 4 is 5.91 Å². The van der Waals surface area contributed by atoms with E-state index in [9.17, 15) is 4.79 Å². The van der Waals surface area contributed by atoms with E-state index in [1.807, 2.05) is 18.0 Å². The number of nitrogens with zero attached hydrogens (tertiary/aromatic N) is 1. The first-order valence-corrected chi connectivity index (χ1v) is 6.73. The molecule has 0 spiro atoms. The highest BCUT2D eigenvalue weighted by Gasteiger charge is 2.39. The van der Waals surface area contributed by atoms with Gasteiger partial charge in [-0.1, -0.05) is 25.3 Å². The second kappa shape index (κ2) is 6.80. The maximum absolute atomic E-state index is 12.5. The number of amides is 1. The van der Waals surface area contributed by atoms with Gasteiger partial charge in [0.15, 0.2) is 0 Å². The van der Waals surface area contributed by atoms with Crippen molar-refractivity contribution in [2.75, 3.05) is 20.1 Å². The molecule has 2 N–H and O–H groups in total. The summed E-state index contributed by atoms with van der Waals surface area (Å²) in [5.41, 5.74) is 5.61. The average molecular weight is 238 g/mol. The summed E-state index contributed by atoms with van der Waals surface area (Å²) in [7, 11) is 1.90. The van der Waals surface area contributed by atoms with Crippen LogP contribution in [0.3, 0.4) is 0 Å². The van der Waals surface area contributed by atoms with Crippen LogP contribution in [-0.2, 0) is 4.79 Å². The quantitative estimate of drug-likeness (QED) is 0.570. The topological polar surface area (TPSA) is 46.3 Å². The molecular formula is C14H26N2O. The van der Waals surface area contributed by atoms with Crippen LogP contribution in [-0.4, -0.2) is 30.9 Å². The standard InChI is InChI=1S/C14H26N2O/c1-3-4-8-11-16(2)13(17)14(12-15)9-6-5-7-10-14/h3H,1,4-12,15H2,2H3. The third-order valence-corrected chi connectivity index (χ3v) is 3.90. The summed E-state index contributed by atoms with van der Waals surface area (Å²) in [6.07, 6.45) is 9.32. The number of carbonyl (C=O) groups excluding carboxylic acids is 1. The Balaban J connectivity index is 2.55. The van der Waals surface area contributed by atoms with E-state index >= 15 is 0 Å². The number of hydrogen-bond donors (Lipinski definition) is 1. The lowest BCUT2D eigenvalue weighted by atomic mass is 9.73. The predicted molar refractivity (Wildman–Crippen MR) is 71.6 cm³/mol. The molecule has 0 aromatic heterocycles. The van der Waals surface area contributed by atoms with Gasteiger partial charge in [0.05, 0.1) is 5.41 Å². The highest BCUT2D eigenvalue weighted by molar-refractivity contribution is 5.82. The van der Waals surface area contributed by atoms with Crippen molar-refractivity contribution in [2.45, 2.75) is 44.9 Å². The Hall–Kier alpha value is -0.830. The fourth-order valence-electron chi connectivity index (χ4n) is 2.71. The average Bonchev–Trinajstić information content (AvgIpc) is 2.38. The highest BCUT2D eigenvalue weighted by Crippen LogP contribution is 2.36. The van der Waals surface area contributed by atoms with E-state index in [-0.39, 0.29) is 11.3 Å². The van der Waals surface area contributed by atoms with Gasteiger partial charge in [-0.05, 0) is 25.7 Å². The summed E-state index contributed by atoms with van der Waals surface area (Å²) in [6.45, 7) is 5.01. The molecule has 0 bridgehead atoms. The number of carbonyl (C=O) groups is 1. The minimum atomic E-state index is -0.263. The summed E-state index contributed by atoms with van der Waals surface area (Å²) in [4.78, 5) is 14.3. The van der Waals surface area contributed by atoms with Gasteiger partial charge in [0.25, 0.3) is 0 Å². The smallest absolute Gasteiger partial charge is 0.229 e. The van der Waals surface area contributed by atoms with Gasteiger partial charge in [0.1, 0.15) is 0 Å². The molecule has 1 aliphatic carbocycles. The first-order valence-electron chi connectivity index (χ1n) is 6.73. The SMILES string of the molecule is C=CCCCN(C)C(=O)C1(CN)CCCCC1. The van der Waals surface area contributed by atoms with Gasteiger partial charge in [0.2, 0.25) is 5.91 Å². The third kappa shape index (κ3) is 3.56. The monoisotopic (exact) mass is 238 g/mol. The Labute approximate surface area is 105 Å². The van der Waals surface area contributed by atoms with Gasteiger partial charge in [-0.15, -0.1) is 6.58 Å². The van der Waals surface area contributed by atoms with Crippen LogP contribution in [0.15, 0.2) is 12.7 Å². The number of unbranched alkanes of at least 4 members (excludes halogenated alkanes) is 1. The van der Waals surface area contributed by atoms with Gasteiger partial charge in [-0.2, -0.15) is 0 Å². The summed E-state index contributed by atoms with van der Waals surface area (Å²) >= 11 is 0. The maximum Gasteiger partial charge on any atom is 0.229 e. The molecule has 17 heavy (non-hydrogen) atoms. The fourth-order valence-corrected chi connectivity index (χ4v) is 2.71. The molecule has 98 valence electrons. The number of rotatable bonds is 6. The van der Waals surface area contributed by atoms with E-state index in [1.54, 1.807) is 0 Å². The van der Waals surface area contributed by atoms with Crippen molar-refractivity contribution in [3.63, 3.8) is 0 Å². The molecule has 0 aliphatic heterocycles. The van der Waals surface area contributed by atoms with Crippen LogP contribution in [0.4, 0.5) is 0 Å². The van der Waals surface area contributed by atoms with Crippen molar-refractivity contribution in [3.8, 4) is 0 Å². The zero-order chi connectivity index (χ0) is 12.7. The lowest BCUT2D eigenvalue weighted by molar-refractivity contribution is -0.142. The predicted octanol–water partition coefficient (Wildman–Crippen LogP) is 2.32. The molecule has 0 unspecified atom stereocenters. The maximum atomic E-state index is 12.5. The van der Waals surface area contributed by atoms with Crippen LogP contribution in [0.1, 0.15) is 44.9 Å². The lowest BCUT2D eigenvalue weighted by Gasteiger charge is -2.37. The van der Waals surface area contributed by atoms with Gasteiger partial charge in [0, 0.05) is 20.1 Å². The van der Waals surface area contributed by atoms with E-state index in [2.05, 4.69) is 6.58 Å². The third-order valence-electron chi connectivity index (χ3n) is 3.90. The van der Waals surface area contributed by atoms with Crippen LogP contribution < -0.4 is 5.73 Å². The molecule has 1 saturated carbocycles. The van der Waals surface area contributed by atoms with Crippen LogP contribution in [0, 0.1) is 5.41 Å². The van der Waals surface area contributed by atoms with E-state index < -0.39 is 0 Å². The van der Waals surface area contributed by atoms with Crippen LogP contribution in [0.25, 0.3) is 0 Å². The van der Waals surface area contributed by atoms with Crippen LogP contribution in [0.2, 0.25) is 0 Å². The first-order chi connectivity index (χ1) is 8.16. The Bertz CT molecular complexity index is 257. The number of nitrogens with two attached hydrogens (primary N) is 1. The Morgan fingerprint density at radius 2 is 2.06 bits per heavy atom. The van der Waals surface area contributed by atoms with Gasteiger partial charge in [-0.3, -0.25) is 4.79 Å². The molecule has 3 heteroatoms. The van der Waals surface area contributed by atoms with E-state index in [0.29, 0.717) is 6.54 Å². The molecule has 0 aromatic rings. The summed E-state index contributed by atoms with van der Waals surface area (Å²) < 4.78 is 0. The zero-order valence-corrected chi connectivity index (χ0v) is 11.1. The Morgan fingerprint density at radius 3 is 2.59 bits per heavy atom. The van der Waals surface area contributed by atoms with Crippen molar-refractivity contribution in [1.29, 1.82) is 0 Å². The zero-order valence-electron chi connectivity index (χ0n) is 11.1. The van der Waals surface area contributed by atoms with Crippen molar-refractivity contribution in [2.24, 2.45) is 11.1 Å². The lowest BCUT2D eigenvalue weighted by Crippen LogP contribution is -2.48. The Kier molecular flexibility index (Phi) is 5.69. The van der Waals surface area contributed by atoms with Crippen molar-refractivity contribution < 1.29 is 4.79 Å². The van der Waals surface area contributed by atoms with Crippen LogP contribution >= 0.6 is 0 Å². The molecular weight excluding hydrogens is 212 g/mol. The molecule has 0 radical (unpaired) electrons. The molecule has 3 nitrogen and oxygen atoms in total. The number of hydrogen-bond acceptors (Lipinski definition) is 2. The first kappa shape index (κ1) is 14.2. The molecule has 0 heterocycles. The van der Waals surface area contributed by atoms with E-state index in [4.69, 9.17) is 5.73 Å². The Morgan fingerprint density at radius 1 is 1.41 bits per heavy atom. The minimum absolute atomic E-state index is 0.253. The normalized spacial score (nSPS) is 18.7. The second-order valence-electron chi connectivity index (χ2n) is 5.20. The fraction of sp³-hybridized carbons (Fsp3) is 0.786. The van der Waals surface area contributed by atoms with Crippen molar-refractivity contribution in [3.05, 3.63) is 12.7 Å². The number of allylic oxidation sites excluding steroid dienone is 1. The van der Waals surface area contributed by atoms with Gasteiger partial charge < -0.3 is 10.6 Å².